The van der Waals surface area contributed by atoms with Gasteiger partial charge in [0.1, 0.15) is 0 Å². The number of hydrogen-bond acceptors (Lipinski definition) is 4. The summed E-state index contributed by atoms with van der Waals surface area (Å²) in [6.45, 7) is 4.18. The quantitative estimate of drug-likeness (QED) is 0.394. The summed E-state index contributed by atoms with van der Waals surface area (Å²) in [5.41, 5.74) is 3.55. The largest absolute Gasteiger partial charge is 0.351 e. The summed E-state index contributed by atoms with van der Waals surface area (Å²) in [6.07, 6.45) is 0. The Morgan fingerprint density at radius 1 is 1.00 bits per heavy atom. The third-order valence-corrected chi connectivity index (χ3v) is 7.58. The van der Waals surface area contributed by atoms with Crippen molar-refractivity contribution in [1.29, 1.82) is 0 Å². The average molecular weight is 489 g/mol. The lowest BCUT2D eigenvalue weighted by Crippen LogP contribution is -2.26. The van der Waals surface area contributed by atoms with Crippen molar-refractivity contribution in [2.24, 2.45) is 0 Å². The number of carbonyl (C=O) groups is 1. The van der Waals surface area contributed by atoms with Gasteiger partial charge in [0.25, 0.3) is 15.9 Å². The van der Waals surface area contributed by atoms with E-state index in [0.717, 1.165) is 33.2 Å². The molecule has 0 aliphatic heterocycles. The number of sulfonamides is 1. The van der Waals surface area contributed by atoms with Crippen LogP contribution in [-0.2, 0) is 15.8 Å². The molecule has 0 saturated carbocycles. The zero-order valence-electron chi connectivity index (χ0n) is 17.9. The number of carbonyl (C=O) groups excluding carboxylic acids is 1. The van der Waals surface area contributed by atoms with E-state index in [0.29, 0.717) is 17.8 Å². The highest BCUT2D eigenvalue weighted by Crippen LogP contribution is 2.22. The molecule has 0 radical (unpaired) electrons. The van der Waals surface area contributed by atoms with E-state index < -0.39 is 10.0 Å². The fourth-order valence-electron chi connectivity index (χ4n) is 2.93. The van der Waals surface area contributed by atoms with Crippen molar-refractivity contribution in [3.63, 3.8) is 0 Å². The average Bonchev–Trinajstić information content (AvgIpc) is 2.76. The summed E-state index contributed by atoms with van der Waals surface area (Å²) in [5, 5.41) is 3.62. The van der Waals surface area contributed by atoms with Gasteiger partial charge in [0, 0.05) is 28.6 Å². The number of rotatable bonds is 9. The third-order valence-electron chi connectivity index (χ3n) is 4.82. The summed E-state index contributed by atoms with van der Waals surface area (Å²) < 4.78 is 28.0. The number of hydrogen-bond donors (Lipinski definition) is 2. The predicted molar refractivity (Wildman–Crippen MR) is 133 cm³/mol. The van der Waals surface area contributed by atoms with Crippen LogP contribution >= 0.6 is 23.4 Å². The number of aryl methyl sites for hydroxylation is 2. The van der Waals surface area contributed by atoms with E-state index in [1.165, 1.54) is 0 Å². The summed E-state index contributed by atoms with van der Waals surface area (Å²) in [4.78, 5) is 12.7. The molecule has 168 valence electrons. The Morgan fingerprint density at radius 2 is 1.72 bits per heavy atom. The second kappa shape index (κ2) is 10.9. The molecular weight excluding hydrogens is 464 g/mol. The standard InChI is InChI=1S/C24H25ClN2O3S2/c1-17-7-11-21(12-8-17)32(29,30)27-23-15-19(10-9-18(23)2)24(28)26-13-14-31-16-20-5-3-4-6-22(20)25/h3-12,15,27H,13-14,16H2,1-2H3,(H,26,28). The summed E-state index contributed by atoms with van der Waals surface area (Å²) in [7, 11) is -3.75. The lowest BCUT2D eigenvalue weighted by Gasteiger charge is -2.13. The summed E-state index contributed by atoms with van der Waals surface area (Å²) in [5.74, 6) is 1.25. The molecule has 0 atom stereocenters. The second-order valence-corrected chi connectivity index (χ2v) is 10.5. The first-order chi connectivity index (χ1) is 15.3. The topological polar surface area (TPSA) is 75.3 Å². The smallest absolute Gasteiger partial charge is 0.261 e. The number of nitrogens with one attached hydrogen (secondary N) is 2. The first-order valence-corrected chi connectivity index (χ1v) is 13.1. The van der Waals surface area contributed by atoms with Crippen molar-refractivity contribution in [3.8, 4) is 0 Å². The van der Waals surface area contributed by atoms with Crippen LogP contribution < -0.4 is 10.0 Å². The maximum Gasteiger partial charge on any atom is 0.261 e. The Kier molecular flexibility index (Phi) is 8.23. The fraction of sp³-hybridized carbons (Fsp3) is 0.208. The van der Waals surface area contributed by atoms with Crippen LogP contribution in [0.3, 0.4) is 0 Å². The van der Waals surface area contributed by atoms with Crippen LogP contribution in [0.4, 0.5) is 5.69 Å². The molecule has 8 heteroatoms. The van der Waals surface area contributed by atoms with Crippen LogP contribution in [0.15, 0.2) is 71.6 Å². The van der Waals surface area contributed by atoms with E-state index in [1.807, 2.05) is 31.2 Å². The van der Waals surface area contributed by atoms with Crippen LogP contribution in [0.1, 0.15) is 27.0 Å². The number of amides is 1. The highest BCUT2D eigenvalue weighted by atomic mass is 35.5. The predicted octanol–water partition coefficient (Wildman–Crippen LogP) is 5.42. The molecule has 2 N–H and O–H groups in total. The van der Waals surface area contributed by atoms with Gasteiger partial charge >= 0.3 is 0 Å². The summed E-state index contributed by atoms with van der Waals surface area (Å²) in [6, 6.07) is 19.3. The van der Waals surface area contributed by atoms with Gasteiger partial charge in [0.05, 0.1) is 10.6 Å². The molecule has 0 heterocycles. The Hall–Kier alpha value is -2.48. The molecular formula is C24H25ClN2O3S2. The number of halogens is 1. The molecule has 0 fully saturated rings. The molecule has 3 aromatic rings. The van der Waals surface area contributed by atoms with Crippen molar-refractivity contribution >= 4 is 45.0 Å². The zero-order valence-corrected chi connectivity index (χ0v) is 20.3. The van der Waals surface area contributed by atoms with E-state index in [9.17, 15) is 13.2 Å². The molecule has 0 unspecified atom stereocenters. The van der Waals surface area contributed by atoms with Crippen molar-refractivity contribution in [3.05, 3.63) is 94.0 Å². The molecule has 0 bridgehead atoms. The molecule has 0 spiro atoms. The normalized spacial score (nSPS) is 11.2. The van der Waals surface area contributed by atoms with Gasteiger partial charge in [-0.15, -0.1) is 0 Å². The molecule has 3 rings (SSSR count). The molecule has 0 aliphatic rings. The van der Waals surface area contributed by atoms with Crippen LogP contribution in [0.2, 0.25) is 5.02 Å². The maximum absolute atomic E-state index is 12.7. The van der Waals surface area contributed by atoms with Crippen LogP contribution in [0, 0.1) is 13.8 Å². The van der Waals surface area contributed by atoms with Gasteiger partial charge in [-0.3, -0.25) is 9.52 Å². The highest BCUT2D eigenvalue weighted by Gasteiger charge is 2.16. The van der Waals surface area contributed by atoms with Gasteiger partial charge < -0.3 is 5.32 Å². The van der Waals surface area contributed by atoms with Gasteiger partial charge in [0.15, 0.2) is 0 Å². The van der Waals surface area contributed by atoms with E-state index in [1.54, 1.807) is 61.2 Å². The van der Waals surface area contributed by atoms with Crippen molar-refractivity contribution < 1.29 is 13.2 Å². The monoisotopic (exact) mass is 488 g/mol. The van der Waals surface area contributed by atoms with Gasteiger partial charge in [-0.2, -0.15) is 11.8 Å². The first kappa shape index (κ1) is 24.2. The number of benzene rings is 3. The van der Waals surface area contributed by atoms with E-state index in [4.69, 9.17) is 11.6 Å². The van der Waals surface area contributed by atoms with Crippen molar-refractivity contribution in [2.45, 2.75) is 24.5 Å². The minimum absolute atomic E-state index is 0.174. The molecule has 0 aromatic heterocycles. The molecule has 1 amide bonds. The van der Waals surface area contributed by atoms with Crippen molar-refractivity contribution in [2.75, 3.05) is 17.0 Å². The second-order valence-electron chi connectivity index (χ2n) is 7.35. The van der Waals surface area contributed by atoms with Gasteiger partial charge in [-0.05, 0) is 55.3 Å². The minimum Gasteiger partial charge on any atom is -0.351 e. The first-order valence-electron chi connectivity index (χ1n) is 10.1. The van der Waals surface area contributed by atoms with Gasteiger partial charge in [0.2, 0.25) is 0 Å². The van der Waals surface area contributed by atoms with Crippen LogP contribution in [0.5, 0.6) is 0 Å². The van der Waals surface area contributed by atoms with Crippen LogP contribution in [0.25, 0.3) is 0 Å². The third kappa shape index (κ3) is 6.51. The zero-order chi connectivity index (χ0) is 23.1. The van der Waals surface area contributed by atoms with Crippen LogP contribution in [-0.4, -0.2) is 26.6 Å². The Bertz CT molecular complexity index is 1200. The SMILES string of the molecule is Cc1ccc(S(=O)(=O)Nc2cc(C(=O)NCCSCc3ccccc3Cl)ccc2C)cc1. The minimum atomic E-state index is -3.75. The number of thioether (sulfide) groups is 1. The van der Waals surface area contributed by atoms with Gasteiger partial charge in [-0.1, -0.05) is 53.6 Å². The molecule has 0 saturated heterocycles. The summed E-state index contributed by atoms with van der Waals surface area (Å²) >= 11 is 7.83. The van der Waals surface area contributed by atoms with Crippen molar-refractivity contribution in [1.82, 2.24) is 5.32 Å². The maximum atomic E-state index is 12.7. The van der Waals surface area contributed by atoms with Gasteiger partial charge in [-0.25, -0.2) is 8.42 Å². The Balaban J connectivity index is 1.57. The van der Waals surface area contributed by atoms with E-state index >= 15 is 0 Å². The van der Waals surface area contributed by atoms with E-state index in [2.05, 4.69) is 10.0 Å². The lowest BCUT2D eigenvalue weighted by atomic mass is 10.1. The Labute approximate surface area is 198 Å². The fourth-order valence-corrected chi connectivity index (χ4v) is 5.20. The van der Waals surface area contributed by atoms with E-state index in [-0.39, 0.29) is 10.8 Å². The lowest BCUT2D eigenvalue weighted by molar-refractivity contribution is 0.0956. The molecule has 3 aromatic carbocycles. The number of anilines is 1. The Morgan fingerprint density at radius 3 is 2.44 bits per heavy atom. The molecule has 32 heavy (non-hydrogen) atoms. The molecule has 5 nitrogen and oxygen atoms in total. The highest BCUT2D eigenvalue weighted by molar-refractivity contribution is 7.98. The molecule has 0 aliphatic carbocycles.